The third-order valence-corrected chi connectivity index (χ3v) is 8.08. The highest BCUT2D eigenvalue weighted by atomic mass is 16.1. The Bertz CT molecular complexity index is 930. The smallest absolute Gasteiger partial charge is 0.166 e. The van der Waals surface area contributed by atoms with Gasteiger partial charge in [0.05, 0.1) is 0 Å². The van der Waals surface area contributed by atoms with Crippen LogP contribution in [0.4, 0.5) is 17.1 Å². The first kappa shape index (κ1) is 18.7. The number of nitrogens with one attached hydrogen (secondary N) is 2. The van der Waals surface area contributed by atoms with Crippen molar-refractivity contribution in [2.24, 2.45) is 23.7 Å². The minimum atomic E-state index is 0.0988. The van der Waals surface area contributed by atoms with Crippen LogP contribution in [0.1, 0.15) is 61.9 Å². The monoisotopic (exact) mass is 388 g/mol. The van der Waals surface area contributed by atoms with Crippen LogP contribution >= 0.6 is 0 Å². The first-order chi connectivity index (χ1) is 14.0. The highest BCUT2D eigenvalue weighted by molar-refractivity contribution is 6.02. The van der Waals surface area contributed by atoms with Gasteiger partial charge in [-0.15, -0.1) is 0 Å². The summed E-state index contributed by atoms with van der Waals surface area (Å²) in [6.45, 7) is 4.73. The van der Waals surface area contributed by atoms with Crippen molar-refractivity contribution in [3.05, 3.63) is 53.6 Å². The van der Waals surface area contributed by atoms with Crippen molar-refractivity contribution >= 4 is 22.8 Å². The van der Waals surface area contributed by atoms with Crippen molar-refractivity contribution < 1.29 is 4.79 Å². The van der Waals surface area contributed by atoms with Gasteiger partial charge < -0.3 is 10.6 Å². The zero-order valence-corrected chi connectivity index (χ0v) is 17.8. The van der Waals surface area contributed by atoms with Crippen LogP contribution in [-0.2, 0) is 5.41 Å². The van der Waals surface area contributed by atoms with Crippen LogP contribution in [0, 0.1) is 23.7 Å². The fourth-order valence-corrected chi connectivity index (χ4v) is 5.94. The first-order valence-electron chi connectivity index (χ1n) is 11.2. The van der Waals surface area contributed by atoms with Gasteiger partial charge in [-0.2, -0.15) is 0 Å². The average Bonchev–Trinajstić information content (AvgIpc) is 3.54. The van der Waals surface area contributed by atoms with E-state index in [0.717, 1.165) is 28.5 Å². The average molecular weight is 389 g/mol. The molecular weight excluding hydrogens is 356 g/mol. The lowest BCUT2D eigenvalue weighted by molar-refractivity contribution is 0.0435. The Hall–Kier alpha value is -2.29. The standard InChI is InChI=1S/C26H32N2O/c1-16-24-18(14-17-4-5-17)12-13-26(16,2)23-15-21(10-11-22(23)25(24)29)28-20-8-6-19(27-3)7-9-20/h6-11,15-18,24,27-28H,4-5,12-14H2,1-3H3/t16-,18?,24+,26+/m0/s1. The molecule has 3 aliphatic rings. The van der Waals surface area contributed by atoms with E-state index in [9.17, 15) is 4.79 Å². The van der Waals surface area contributed by atoms with E-state index < -0.39 is 0 Å². The number of fused-ring (bicyclic) bond motifs is 4. The molecule has 2 bridgehead atoms. The maximum atomic E-state index is 13.5. The molecule has 0 amide bonds. The van der Waals surface area contributed by atoms with Crippen molar-refractivity contribution in [2.45, 2.75) is 51.4 Å². The van der Waals surface area contributed by atoms with Crippen LogP contribution in [0.3, 0.4) is 0 Å². The number of carbonyl (C=O) groups is 1. The Labute approximate surface area is 174 Å². The van der Waals surface area contributed by atoms with Gasteiger partial charge in [-0.25, -0.2) is 0 Å². The lowest BCUT2D eigenvalue weighted by Crippen LogP contribution is -2.51. The molecule has 2 N–H and O–H groups in total. The van der Waals surface area contributed by atoms with Crippen molar-refractivity contribution in [3.8, 4) is 0 Å². The summed E-state index contributed by atoms with van der Waals surface area (Å²) in [4.78, 5) is 13.5. The number of hydrogen-bond donors (Lipinski definition) is 2. The topological polar surface area (TPSA) is 41.1 Å². The number of ketones is 1. The van der Waals surface area contributed by atoms with Crippen LogP contribution in [0.15, 0.2) is 42.5 Å². The minimum absolute atomic E-state index is 0.0988. The van der Waals surface area contributed by atoms with Gasteiger partial charge in [-0.1, -0.05) is 26.7 Å². The molecule has 0 aliphatic heterocycles. The highest BCUT2D eigenvalue weighted by Crippen LogP contribution is 2.56. The second-order valence-electron chi connectivity index (χ2n) is 9.79. The Kier molecular flexibility index (Phi) is 4.45. The third kappa shape index (κ3) is 3.15. The Balaban J connectivity index is 1.46. The molecule has 0 spiro atoms. The van der Waals surface area contributed by atoms with Crippen molar-refractivity contribution in [2.75, 3.05) is 17.7 Å². The summed E-state index contributed by atoms with van der Waals surface area (Å²) in [5.74, 6) is 2.53. The van der Waals surface area contributed by atoms with Crippen LogP contribution in [0.5, 0.6) is 0 Å². The van der Waals surface area contributed by atoms with E-state index in [-0.39, 0.29) is 11.3 Å². The minimum Gasteiger partial charge on any atom is -0.388 e. The molecular formula is C26H32N2O. The van der Waals surface area contributed by atoms with E-state index in [1.165, 1.54) is 37.7 Å². The zero-order valence-electron chi connectivity index (χ0n) is 17.8. The van der Waals surface area contributed by atoms with E-state index in [4.69, 9.17) is 0 Å². The molecule has 29 heavy (non-hydrogen) atoms. The molecule has 5 rings (SSSR count). The fraction of sp³-hybridized carbons (Fsp3) is 0.500. The van der Waals surface area contributed by atoms with Gasteiger partial charge in [0.1, 0.15) is 0 Å². The van der Waals surface area contributed by atoms with E-state index in [1.54, 1.807) is 0 Å². The van der Waals surface area contributed by atoms with E-state index in [0.29, 0.717) is 17.6 Å². The van der Waals surface area contributed by atoms with Crippen molar-refractivity contribution in [1.29, 1.82) is 0 Å². The van der Waals surface area contributed by atoms with Gasteiger partial charge in [0.2, 0.25) is 0 Å². The summed E-state index contributed by atoms with van der Waals surface area (Å²) >= 11 is 0. The quantitative estimate of drug-likeness (QED) is 0.624. The number of hydrogen-bond acceptors (Lipinski definition) is 3. The molecule has 3 aliphatic carbocycles. The number of benzene rings is 2. The molecule has 0 heterocycles. The molecule has 0 aromatic heterocycles. The predicted molar refractivity (Wildman–Crippen MR) is 120 cm³/mol. The van der Waals surface area contributed by atoms with Crippen LogP contribution in [0.25, 0.3) is 0 Å². The Morgan fingerprint density at radius 3 is 2.38 bits per heavy atom. The summed E-state index contributed by atoms with van der Waals surface area (Å²) in [5, 5.41) is 6.68. The lowest BCUT2D eigenvalue weighted by Gasteiger charge is -2.52. The second-order valence-corrected chi connectivity index (χ2v) is 9.79. The van der Waals surface area contributed by atoms with Crippen LogP contribution in [0.2, 0.25) is 0 Å². The summed E-state index contributed by atoms with van der Waals surface area (Å²) in [6, 6.07) is 14.7. The largest absolute Gasteiger partial charge is 0.388 e. The molecule has 1 unspecified atom stereocenters. The van der Waals surface area contributed by atoms with Gasteiger partial charge in [0.25, 0.3) is 0 Å². The fourth-order valence-electron chi connectivity index (χ4n) is 5.94. The first-order valence-corrected chi connectivity index (χ1v) is 11.2. The second kappa shape index (κ2) is 6.90. The van der Waals surface area contributed by atoms with Gasteiger partial charge >= 0.3 is 0 Å². The van der Waals surface area contributed by atoms with Crippen LogP contribution < -0.4 is 10.6 Å². The summed E-state index contributed by atoms with van der Waals surface area (Å²) in [7, 11) is 1.93. The molecule has 2 aromatic carbocycles. The molecule has 2 saturated carbocycles. The predicted octanol–water partition coefficient (Wildman–Crippen LogP) is 6.39. The van der Waals surface area contributed by atoms with E-state index >= 15 is 0 Å². The van der Waals surface area contributed by atoms with E-state index in [1.807, 2.05) is 7.05 Å². The van der Waals surface area contributed by atoms with Gasteiger partial charge in [-0.3, -0.25) is 4.79 Å². The molecule has 0 radical (unpaired) electrons. The summed E-state index contributed by atoms with van der Waals surface area (Å²) in [6.07, 6.45) is 6.43. The van der Waals surface area contributed by atoms with Crippen LogP contribution in [-0.4, -0.2) is 12.8 Å². The normalized spacial score (nSPS) is 30.6. The molecule has 4 atom stereocenters. The zero-order chi connectivity index (χ0) is 20.2. The Morgan fingerprint density at radius 2 is 1.69 bits per heavy atom. The lowest BCUT2D eigenvalue weighted by atomic mass is 9.51. The summed E-state index contributed by atoms with van der Waals surface area (Å²) < 4.78 is 0. The number of rotatable bonds is 5. The van der Waals surface area contributed by atoms with Crippen molar-refractivity contribution in [3.63, 3.8) is 0 Å². The molecule has 3 heteroatoms. The van der Waals surface area contributed by atoms with Gasteiger partial charge in [0, 0.05) is 35.6 Å². The molecule has 3 nitrogen and oxygen atoms in total. The van der Waals surface area contributed by atoms with Gasteiger partial charge in [-0.05, 0) is 90.5 Å². The molecule has 0 saturated heterocycles. The maximum absolute atomic E-state index is 13.5. The maximum Gasteiger partial charge on any atom is 0.166 e. The Morgan fingerprint density at radius 1 is 1.00 bits per heavy atom. The SMILES string of the molecule is CNc1ccc(Nc2ccc3c(c2)[C@]2(C)CCC(CC4CC4)[C@H](C3=O)[C@@H]2C)cc1. The highest BCUT2D eigenvalue weighted by Gasteiger charge is 2.53. The van der Waals surface area contributed by atoms with E-state index in [2.05, 4.69) is 66.9 Å². The number of anilines is 3. The third-order valence-electron chi connectivity index (χ3n) is 8.08. The number of Topliss-reactive ketones (excluding diaryl/α,β-unsaturated/α-hetero) is 1. The molecule has 2 aromatic rings. The molecule has 2 fully saturated rings. The summed E-state index contributed by atoms with van der Waals surface area (Å²) in [5.41, 5.74) is 5.57. The van der Waals surface area contributed by atoms with Gasteiger partial charge in [0.15, 0.2) is 5.78 Å². The number of carbonyl (C=O) groups excluding carboxylic acids is 1. The molecule has 152 valence electrons. The van der Waals surface area contributed by atoms with Crippen molar-refractivity contribution in [1.82, 2.24) is 0 Å².